The van der Waals surface area contributed by atoms with E-state index in [2.05, 4.69) is 5.32 Å². The highest BCUT2D eigenvalue weighted by Crippen LogP contribution is 2.36. The van der Waals surface area contributed by atoms with Crippen LogP contribution in [0.4, 0.5) is 13.2 Å². The molecule has 1 fully saturated rings. The molecule has 3 rings (SSSR count). The monoisotopic (exact) mass is 306 g/mol. The molecule has 0 aliphatic carbocycles. The quantitative estimate of drug-likeness (QED) is 0.784. The number of halogens is 3. The van der Waals surface area contributed by atoms with Crippen LogP contribution in [0.5, 0.6) is 0 Å². The Kier molecular flexibility index (Phi) is 3.07. The van der Waals surface area contributed by atoms with Gasteiger partial charge in [0.2, 0.25) is 10.0 Å². The number of nitrogens with one attached hydrogen (secondary N) is 1. The summed E-state index contributed by atoms with van der Waals surface area (Å²) in [5.74, 6) is 0. The molecular weight excluding hydrogens is 293 g/mol. The van der Waals surface area contributed by atoms with E-state index in [0.717, 1.165) is 12.1 Å². The molecule has 4 nitrogen and oxygen atoms in total. The first-order valence-electron chi connectivity index (χ1n) is 6.23. The van der Waals surface area contributed by atoms with Gasteiger partial charge in [-0.05, 0) is 24.1 Å². The van der Waals surface area contributed by atoms with E-state index in [1.165, 1.54) is 10.4 Å². The number of piperazine rings is 1. The second-order valence-corrected chi connectivity index (χ2v) is 6.86. The standard InChI is InChI=1S/C12H13F3N2O2S/c13-12(14,15)9-2-1-8-5-10-7-16-3-4-17(10)20(18,19)11(8)6-9/h1-2,6,10,16H,3-5,7H2. The molecule has 8 heteroatoms. The maximum Gasteiger partial charge on any atom is 0.416 e. The lowest BCUT2D eigenvalue weighted by Gasteiger charge is -2.39. The summed E-state index contributed by atoms with van der Waals surface area (Å²) in [5.41, 5.74) is -0.462. The second-order valence-electron chi connectivity index (χ2n) is 5.00. The van der Waals surface area contributed by atoms with Crippen LogP contribution in [0, 0.1) is 0 Å². The summed E-state index contributed by atoms with van der Waals surface area (Å²) in [7, 11) is -3.83. The minimum Gasteiger partial charge on any atom is -0.314 e. The number of fused-ring (bicyclic) bond motifs is 2. The Morgan fingerprint density at radius 1 is 1.30 bits per heavy atom. The SMILES string of the molecule is O=S1(=O)c2cc(C(F)(F)F)ccc2CC2CNCCN21. The van der Waals surface area contributed by atoms with E-state index >= 15 is 0 Å². The van der Waals surface area contributed by atoms with Gasteiger partial charge in [0.05, 0.1) is 10.5 Å². The Balaban J connectivity index is 2.12. The van der Waals surface area contributed by atoms with E-state index in [1.54, 1.807) is 0 Å². The van der Waals surface area contributed by atoms with Crippen LogP contribution >= 0.6 is 0 Å². The summed E-state index contributed by atoms with van der Waals surface area (Å²) in [4.78, 5) is -0.203. The van der Waals surface area contributed by atoms with Gasteiger partial charge in [0.25, 0.3) is 0 Å². The van der Waals surface area contributed by atoms with E-state index in [-0.39, 0.29) is 10.9 Å². The zero-order chi connectivity index (χ0) is 14.5. The van der Waals surface area contributed by atoms with Gasteiger partial charge in [-0.3, -0.25) is 0 Å². The predicted molar refractivity (Wildman–Crippen MR) is 65.7 cm³/mol. The summed E-state index contributed by atoms with van der Waals surface area (Å²) in [6.45, 7) is 1.34. The molecule has 1 saturated heterocycles. The van der Waals surface area contributed by atoms with E-state index in [9.17, 15) is 21.6 Å². The topological polar surface area (TPSA) is 49.4 Å². The van der Waals surface area contributed by atoms with Gasteiger partial charge in [0.15, 0.2) is 0 Å². The summed E-state index contributed by atoms with van der Waals surface area (Å²) in [6, 6.07) is 2.77. The van der Waals surface area contributed by atoms with E-state index in [0.29, 0.717) is 31.6 Å². The lowest BCUT2D eigenvalue weighted by Crippen LogP contribution is -2.56. The first-order valence-corrected chi connectivity index (χ1v) is 7.67. The maximum atomic E-state index is 12.7. The van der Waals surface area contributed by atoms with E-state index in [4.69, 9.17) is 0 Å². The zero-order valence-electron chi connectivity index (χ0n) is 10.4. The highest BCUT2D eigenvalue weighted by Gasteiger charge is 2.41. The third-order valence-corrected chi connectivity index (χ3v) is 5.77. The van der Waals surface area contributed by atoms with Crippen molar-refractivity contribution >= 4 is 10.0 Å². The number of hydrogen-bond donors (Lipinski definition) is 1. The number of benzene rings is 1. The van der Waals surface area contributed by atoms with Gasteiger partial charge in [-0.15, -0.1) is 0 Å². The van der Waals surface area contributed by atoms with Crippen LogP contribution in [-0.4, -0.2) is 38.4 Å². The van der Waals surface area contributed by atoms with Gasteiger partial charge in [-0.1, -0.05) is 6.07 Å². The zero-order valence-corrected chi connectivity index (χ0v) is 11.3. The van der Waals surface area contributed by atoms with Gasteiger partial charge in [0, 0.05) is 25.7 Å². The average molecular weight is 306 g/mol. The molecule has 1 aromatic rings. The van der Waals surface area contributed by atoms with Crippen LogP contribution in [0.1, 0.15) is 11.1 Å². The van der Waals surface area contributed by atoms with Gasteiger partial charge in [-0.2, -0.15) is 17.5 Å². The van der Waals surface area contributed by atoms with Crippen molar-refractivity contribution in [2.24, 2.45) is 0 Å². The first kappa shape index (κ1) is 13.8. The van der Waals surface area contributed by atoms with Crippen molar-refractivity contribution in [3.63, 3.8) is 0 Å². The highest BCUT2D eigenvalue weighted by atomic mass is 32.2. The van der Waals surface area contributed by atoms with Crippen LogP contribution in [-0.2, 0) is 22.6 Å². The van der Waals surface area contributed by atoms with Gasteiger partial charge < -0.3 is 5.32 Å². The van der Waals surface area contributed by atoms with Crippen molar-refractivity contribution in [3.8, 4) is 0 Å². The van der Waals surface area contributed by atoms with Crippen LogP contribution in [0.3, 0.4) is 0 Å². The molecule has 2 heterocycles. The lowest BCUT2D eigenvalue weighted by molar-refractivity contribution is -0.137. The maximum absolute atomic E-state index is 12.7. The van der Waals surface area contributed by atoms with E-state index in [1.807, 2.05) is 0 Å². The average Bonchev–Trinajstić information content (AvgIpc) is 2.37. The fourth-order valence-electron chi connectivity index (χ4n) is 2.75. The molecule has 0 saturated carbocycles. The fraction of sp³-hybridized carbons (Fsp3) is 0.500. The van der Waals surface area contributed by atoms with Crippen LogP contribution in [0.15, 0.2) is 23.1 Å². The number of alkyl halides is 3. The van der Waals surface area contributed by atoms with Gasteiger partial charge in [0.1, 0.15) is 0 Å². The molecule has 0 bridgehead atoms. The Bertz CT molecular complexity index is 643. The number of rotatable bonds is 0. The largest absolute Gasteiger partial charge is 0.416 e. The van der Waals surface area contributed by atoms with E-state index < -0.39 is 21.8 Å². The van der Waals surface area contributed by atoms with Crippen molar-refractivity contribution in [2.75, 3.05) is 19.6 Å². The van der Waals surface area contributed by atoms with Gasteiger partial charge in [-0.25, -0.2) is 8.42 Å². The van der Waals surface area contributed by atoms with Crippen molar-refractivity contribution in [2.45, 2.75) is 23.5 Å². The third-order valence-electron chi connectivity index (χ3n) is 3.73. The second kappa shape index (κ2) is 4.44. The normalized spacial score (nSPS) is 25.9. The summed E-state index contributed by atoms with van der Waals surface area (Å²) in [6.07, 6.45) is -4.09. The molecule has 2 aliphatic rings. The van der Waals surface area contributed by atoms with Crippen molar-refractivity contribution < 1.29 is 21.6 Å². The van der Waals surface area contributed by atoms with Crippen LogP contribution < -0.4 is 5.32 Å². The molecule has 0 amide bonds. The Labute approximate surface area is 114 Å². The number of hydrogen-bond acceptors (Lipinski definition) is 3. The smallest absolute Gasteiger partial charge is 0.314 e. The minimum atomic E-state index is -4.54. The summed E-state index contributed by atoms with van der Waals surface area (Å²) >= 11 is 0. The third kappa shape index (κ3) is 2.11. The predicted octanol–water partition coefficient (Wildman–Crippen LogP) is 1.22. The lowest BCUT2D eigenvalue weighted by atomic mass is 10.0. The summed E-state index contributed by atoms with van der Waals surface area (Å²) in [5, 5.41) is 3.10. The van der Waals surface area contributed by atoms with Crippen LogP contribution in [0.25, 0.3) is 0 Å². The fourth-order valence-corrected chi connectivity index (χ4v) is 4.64. The molecule has 1 atom stereocenters. The number of sulfonamides is 1. The summed E-state index contributed by atoms with van der Waals surface area (Å²) < 4.78 is 64.4. The molecule has 1 N–H and O–H groups in total. The van der Waals surface area contributed by atoms with Crippen molar-refractivity contribution in [1.82, 2.24) is 9.62 Å². The van der Waals surface area contributed by atoms with Crippen molar-refractivity contribution in [3.05, 3.63) is 29.3 Å². The molecule has 1 aromatic carbocycles. The Morgan fingerprint density at radius 2 is 2.05 bits per heavy atom. The molecule has 1 unspecified atom stereocenters. The Hall–Kier alpha value is -1.12. The molecule has 110 valence electrons. The molecule has 20 heavy (non-hydrogen) atoms. The van der Waals surface area contributed by atoms with Crippen LogP contribution in [0.2, 0.25) is 0 Å². The van der Waals surface area contributed by atoms with Crippen molar-refractivity contribution in [1.29, 1.82) is 0 Å². The number of nitrogens with zero attached hydrogens (tertiary/aromatic N) is 1. The molecule has 0 spiro atoms. The molecule has 0 aromatic heterocycles. The first-order chi connectivity index (χ1) is 9.30. The molecular formula is C12H13F3N2O2S. The molecule has 2 aliphatic heterocycles. The van der Waals surface area contributed by atoms with Gasteiger partial charge >= 0.3 is 6.18 Å². The Morgan fingerprint density at radius 3 is 2.75 bits per heavy atom. The highest BCUT2D eigenvalue weighted by molar-refractivity contribution is 7.89. The molecule has 0 radical (unpaired) electrons. The minimum absolute atomic E-state index is 0.203.